The van der Waals surface area contributed by atoms with Crippen LogP contribution in [0.2, 0.25) is 0 Å². The van der Waals surface area contributed by atoms with Gasteiger partial charge in [0, 0.05) is 11.8 Å². The first kappa shape index (κ1) is 16.1. The van der Waals surface area contributed by atoms with Crippen molar-refractivity contribution in [1.29, 1.82) is 0 Å². The van der Waals surface area contributed by atoms with Gasteiger partial charge in [-0.15, -0.1) is 0 Å². The Morgan fingerprint density at radius 2 is 2.05 bits per heavy atom. The minimum absolute atomic E-state index is 0.0134. The summed E-state index contributed by atoms with van der Waals surface area (Å²) in [5.41, 5.74) is 1.51. The topological polar surface area (TPSA) is 46.2 Å². The quantitative estimate of drug-likeness (QED) is 0.784. The van der Waals surface area contributed by atoms with Crippen LogP contribution in [-0.4, -0.2) is 26.5 Å². The van der Waals surface area contributed by atoms with Gasteiger partial charge in [0.25, 0.3) is 0 Å². The van der Waals surface area contributed by atoms with Crippen LogP contribution in [-0.2, 0) is 9.84 Å². The molecule has 3 nitrogen and oxygen atoms in total. The Bertz CT molecular complexity index is 514. The monoisotopic (exact) mass is 287 g/mol. The van der Waals surface area contributed by atoms with E-state index in [9.17, 15) is 12.8 Å². The van der Waals surface area contributed by atoms with E-state index in [1.165, 1.54) is 6.07 Å². The number of hydrogen-bond acceptors (Lipinski definition) is 3. The Hall–Kier alpha value is -0.940. The highest BCUT2D eigenvalue weighted by Crippen LogP contribution is 2.16. The van der Waals surface area contributed by atoms with E-state index in [-0.39, 0.29) is 23.4 Å². The van der Waals surface area contributed by atoms with Gasteiger partial charge < -0.3 is 5.32 Å². The summed E-state index contributed by atoms with van der Waals surface area (Å²) in [6.45, 7) is 5.93. The minimum Gasteiger partial charge on any atom is -0.310 e. The van der Waals surface area contributed by atoms with Crippen LogP contribution in [0.15, 0.2) is 18.2 Å². The predicted molar refractivity (Wildman–Crippen MR) is 76.5 cm³/mol. The molecule has 1 aromatic rings. The van der Waals surface area contributed by atoms with Crippen molar-refractivity contribution in [2.45, 2.75) is 33.2 Å². The summed E-state index contributed by atoms with van der Waals surface area (Å²) < 4.78 is 36.1. The Labute approximate surface area is 115 Å². The molecule has 0 aromatic heterocycles. The van der Waals surface area contributed by atoms with Gasteiger partial charge in [-0.25, -0.2) is 12.8 Å². The van der Waals surface area contributed by atoms with E-state index in [0.717, 1.165) is 5.56 Å². The number of halogens is 1. The number of benzene rings is 1. The van der Waals surface area contributed by atoms with Crippen molar-refractivity contribution < 1.29 is 12.8 Å². The second-order valence-corrected chi connectivity index (χ2v) is 7.25. The zero-order valence-electron chi connectivity index (χ0n) is 11.7. The van der Waals surface area contributed by atoms with Crippen LogP contribution >= 0.6 is 0 Å². The van der Waals surface area contributed by atoms with Crippen LogP contribution in [0.25, 0.3) is 0 Å². The van der Waals surface area contributed by atoms with Crippen LogP contribution in [0, 0.1) is 12.7 Å². The van der Waals surface area contributed by atoms with Gasteiger partial charge in [0.15, 0.2) is 0 Å². The molecule has 108 valence electrons. The largest absolute Gasteiger partial charge is 0.310 e. The van der Waals surface area contributed by atoms with E-state index >= 15 is 0 Å². The second kappa shape index (κ2) is 7.01. The normalized spacial score (nSPS) is 13.5. The van der Waals surface area contributed by atoms with Crippen molar-refractivity contribution in [2.75, 3.05) is 18.1 Å². The lowest BCUT2D eigenvalue weighted by Crippen LogP contribution is -2.22. The molecule has 1 N–H and O–H groups in total. The van der Waals surface area contributed by atoms with Crippen molar-refractivity contribution >= 4 is 9.84 Å². The van der Waals surface area contributed by atoms with Crippen molar-refractivity contribution in [2.24, 2.45) is 0 Å². The highest BCUT2D eigenvalue weighted by molar-refractivity contribution is 7.91. The van der Waals surface area contributed by atoms with E-state index in [0.29, 0.717) is 18.5 Å². The molecule has 1 rings (SSSR count). The molecule has 0 heterocycles. The van der Waals surface area contributed by atoms with Gasteiger partial charge in [-0.2, -0.15) is 0 Å². The molecule has 0 radical (unpaired) electrons. The Balaban J connectivity index is 2.43. The SMILES string of the molecule is CCS(=O)(=O)CCCNC(C)c1ccc(C)c(F)c1. The zero-order chi connectivity index (χ0) is 14.5. The Morgan fingerprint density at radius 1 is 1.37 bits per heavy atom. The molecule has 0 saturated carbocycles. The molecular weight excluding hydrogens is 265 g/mol. The second-order valence-electron chi connectivity index (χ2n) is 4.77. The van der Waals surface area contributed by atoms with E-state index in [1.54, 1.807) is 19.9 Å². The van der Waals surface area contributed by atoms with Crippen LogP contribution in [0.1, 0.15) is 37.4 Å². The molecular formula is C14H22FNO2S. The average Bonchev–Trinajstić information content (AvgIpc) is 2.37. The first-order valence-electron chi connectivity index (χ1n) is 6.55. The standard InChI is InChI=1S/C14H22FNO2S/c1-4-19(17,18)9-5-8-16-12(3)13-7-6-11(2)14(15)10-13/h6-7,10,12,16H,4-5,8-9H2,1-3H3. The fourth-order valence-electron chi connectivity index (χ4n) is 1.75. The molecule has 1 atom stereocenters. The summed E-state index contributed by atoms with van der Waals surface area (Å²) in [5, 5.41) is 3.21. The fraction of sp³-hybridized carbons (Fsp3) is 0.571. The van der Waals surface area contributed by atoms with E-state index in [1.807, 2.05) is 13.0 Å². The van der Waals surface area contributed by atoms with E-state index in [2.05, 4.69) is 5.32 Å². The van der Waals surface area contributed by atoms with Crippen LogP contribution < -0.4 is 5.32 Å². The van der Waals surface area contributed by atoms with Gasteiger partial charge in [-0.1, -0.05) is 19.1 Å². The summed E-state index contributed by atoms with van der Waals surface area (Å²) >= 11 is 0. The van der Waals surface area contributed by atoms with Gasteiger partial charge in [0.1, 0.15) is 15.7 Å². The molecule has 0 amide bonds. The lowest BCUT2D eigenvalue weighted by Gasteiger charge is -2.14. The molecule has 0 fully saturated rings. The number of aryl methyl sites for hydroxylation is 1. The molecule has 1 aromatic carbocycles. The average molecular weight is 287 g/mol. The third kappa shape index (κ3) is 5.28. The van der Waals surface area contributed by atoms with Gasteiger partial charge >= 0.3 is 0 Å². The first-order valence-corrected chi connectivity index (χ1v) is 8.37. The van der Waals surface area contributed by atoms with Crippen molar-refractivity contribution in [3.8, 4) is 0 Å². The van der Waals surface area contributed by atoms with Gasteiger partial charge in [-0.05, 0) is 44.0 Å². The number of hydrogen-bond donors (Lipinski definition) is 1. The minimum atomic E-state index is -2.89. The maximum atomic E-state index is 13.4. The van der Waals surface area contributed by atoms with E-state index in [4.69, 9.17) is 0 Å². The molecule has 0 spiro atoms. The van der Waals surface area contributed by atoms with E-state index < -0.39 is 9.84 Å². The fourth-order valence-corrected chi connectivity index (χ4v) is 2.62. The number of rotatable bonds is 7. The molecule has 0 aliphatic carbocycles. The highest BCUT2D eigenvalue weighted by Gasteiger charge is 2.09. The third-order valence-electron chi connectivity index (χ3n) is 3.22. The smallest absolute Gasteiger partial charge is 0.150 e. The van der Waals surface area contributed by atoms with Gasteiger partial charge in [0.05, 0.1) is 5.75 Å². The summed E-state index contributed by atoms with van der Waals surface area (Å²) in [6, 6.07) is 5.18. The van der Waals surface area contributed by atoms with Crippen LogP contribution in [0.4, 0.5) is 4.39 Å². The number of nitrogens with one attached hydrogen (secondary N) is 1. The predicted octanol–water partition coefficient (Wildman–Crippen LogP) is 2.61. The molecule has 5 heteroatoms. The van der Waals surface area contributed by atoms with Crippen molar-refractivity contribution in [3.63, 3.8) is 0 Å². The van der Waals surface area contributed by atoms with Gasteiger partial charge in [-0.3, -0.25) is 0 Å². The third-order valence-corrected chi connectivity index (χ3v) is 5.01. The first-order chi connectivity index (χ1) is 8.85. The van der Waals surface area contributed by atoms with Crippen molar-refractivity contribution in [1.82, 2.24) is 5.32 Å². The van der Waals surface area contributed by atoms with Crippen LogP contribution in [0.3, 0.4) is 0 Å². The van der Waals surface area contributed by atoms with Crippen molar-refractivity contribution in [3.05, 3.63) is 35.1 Å². The summed E-state index contributed by atoms with van der Waals surface area (Å²) in [4.78, 5) is 0. The lowest BCUT2D eigenvalue weighted by molar-refractivity contribution is 0.554. The molecule has 0 bridgehead atoms. The molecule has 1 unspecified atom stereocenters. The van der Waals surface area contributed by atoms with Gasteiger partial charge in [0.2, 0.25) is 0 Å². The maximum Gasteiger partial charge on any atom is 0.150 e. The number of sulfone groups is 1. The zero-order valence-corrected chi connectivity index (χ0v) is 12.6. The molecule has 0 saturated heterocycles. The molecule has 0 aliphatic rings. The summed E-state index contributed by atoms with van der Waals surface area (Å²) in [6.07, 6.45) is 0.578. The Kier molecular flexibility index (Phi) is 5.94. The van der Waals surface area contributed by atoms with Crippen LogP contribution in [0.5, 0.6) is 0 Å². The summed E-state index contributed by atoms with van der Waals surface area (Å²) in [5.74, 6) is 0.178. The lowest BCUT2D eigenvalue weighted by atomic mass is 10.1. The highest BCUT2D eigenvalue weighted by atomic mass is 32.2. The molecule has 19 heavy (non-hydrogen) atoms. The molecule has 0 aliphatic heterocycles. The maximum absolute atomic E-state index is 13.4. The Morgan fingerprint density at radius 3 is 2.63 bits per heavy atom. The summed E-state index contributed by atoms with van der Waals surface area (Å²) in [7, 11) is -2.89.